The first-order chi connectivity index (χ1) is 8.94. The molecule has 0 unspecified atom stereocenters. The van der Waals surface area contributed by atoms with Gasteiger partial charge in [-0.15, -0.1) is 0 Å². The van der Waals surface area contributed by atoms with Crippen molar-refractivity contribution in [1.29, 1.82) is 0 Å². The highest BCUT2D eigenvalue weighted by atomic mass is 32.2. The molecule has 0 aliphatic heterocycles. The SMILES string of the molecule is CCc1nn(C)cc1NS(=O)(=O)c1cccnc1N. The van der Waals surface area contributed by atoms with Crippen molar-refractivity contribution in [1.82, 2.24) is 14.8 Å². The monoisotopic (exact) mass is 281 g/mol. The molecule has 0 bridgehead atoms. The largest absolute Gasteiger partial charge is 0.383 e. The van der Waals surface area contributed by atoms with Gasteiger partial charge in [0.15, 0.2) is 0 Å². The highest BCUT2D eigenvalue weighted by Crippen LogP contribution is 2.21. The molecule has 0 saturated heterocycles. The van der Waals surface area contributed by atoms with Crippen molar-refractivity contribution in [3.05, 3.63) is 30.2 Å². The van der Waals surface area contributed by atoms with E-state index in [0.29, 0.717) is 17.8 Å². The maximum absolute atomic E-state index is 12.2. The van der Waals surface area contributed by atoms with Gasteiger partial charge in [-0.25, -0.2) is 13.4 Å². The van der Waals surface area contributed by atoms with Crippen LogP contribution >= 0.6 is 0 Å². The standard InChI is InChI=1S/C11H15N5O2S/c1-3-8-9(7-16(2)14-8)15-19(17,18)10-5-4-6-13-11(10)12/h4-7,15H,3H2,1-2H3,(H2,12,13). The molecule has 0 aliphatic carbocycles. The van der Waals surface area contributed by atoms with Gasteiger partial charge in [-0.2, -0.15) is 5.10 Å². The zero-order valence-corrected chi connectivity index (χ0v) is 11.5. The smallest absolute Gasteiger partial charge is 0.265 e. The highest BCUT2D eigenvalue weighted by molar-refractivity contribution is 7.92. The molecule has 0 aliphatic rings. The van der Waals surface area contributed by atoms with E-state index >= 15 is 0 Å². The summed E-state index contributed by atoms with van der Waals surface area (Å²) in [5, 5.41) is 4.17. The van der Waals surface area contributed by atoms with Gasteiger partial charge in [0, 0.05) is 19.4 Å². The summed E-state index contributed by atoms with van der Waals surface area (Å²) < 4.78 is 28.5. The molecular formula is C11H15N5O2S. The Kier molecular flexibility index (Phi) is 3.43. The fraction of sp³-hybridized carbons (Fsp3) is 0.273. The zero-order valence-electron chi connectivity index (χ0n) is 10.7. The number of aryl methyl sites for hydroxylation is 2. The van der Waals surface area contributed by atoms with Gasteiger partial charge in [-0.3, -0.25) is 9.40 Å². The molecule has 0 spiro atoms. The lowest BCUT2D eigenvalue weighted by Crippen LogP contribution is -2.15. The van der Waals surface area contributed by atoms with E-state index in [2.05, 4.69) is 14.8 Å². The Morgan fingerprint density at radius 3 is 2.84 bits per heavy atom. The molecular weight excluding hydrogens is 266 g/mol. The summed E-state index contributed by atoms with van der Waals surface area (Å²) >= 11 is 0. The molecule has 2 aromatic rings. The summed E-state index contributed by atoms with van der Waals surface area (Å²) in [5.41, 5.74) is 6.71. The van der Waals surface area contributed by atoms with Crippen molar-refractivity contribution in [3.8, 4) is 0 Å². The Hall–Kier alpha value is -2.09. The van der Waals surface area contributed by atoms with Crippen molar-refractivity contribution >= 4 is 21.5 Å². The van der Waals surface area contributed by atoms with Crippen molar-refractivity contribution in [2.24, 2.45) is 7.05 Å². The minimum atomic E-state index is -3.75. The second-order valence-corrected chi connectivity index (χ2v) is 5.66. The van der Waals surface area contributed by atoms with Gasteiger partial charge in [-0.05, 0) is 18.6 Å². The molecule has 0 saturated carbocycles. The number of nitrogens with one attached hydrogen (secondary N) is 1. The van der Waals surface area contributed by atoms with E-state index in [0.717, 1.165) is 0 Å². The lowest BCUT2D eigenvalue weighted by molar-refractivity contribution is 0.601. The normalized spacial score (nSPS) is 11.5. The van der Waals surface area contributed by atoms with E-state index in [1.807, 2.05) is 6.92 Å². The summed E-state index contributed by atoms with van der Waals surface area (Å²) in [6.07, 6.45) is 3.68. The first kappa shape index (κ1) is 13.3. The van der Waals surface area contributed by atoms with E-state index in [4.69, 9.17) is 5.73 Å². The second kappa shape index (κ2) is 4.88. The van der Waals surface area contributed by atoms with E-state index in [1.165, 1.54) is 18.3 Å². The van der Waals surface area contributed by atoms with Crippen LogP contribution < -0.4 is 10.5 Å². The summed E-state index contributed by atoms with van der Waals surface area (Å²) in [6.45, 7) is 1.90. The molecule has 3 N–H and O–H groups in total. The minimum Gasteiger partial charge on any atom is -0.383 e. The van der Waals surface area contributed by atoms with E-state index in [9.17, 15) is 8.42 Å². The number of hydrogen-bond donors (Lipinski definition) is 2. The van der Waals surface area contributed by atoms with E-state index < -0.39 is 10.0 Å². The second-order valence-electron chi connectivity index (χ2n) is 4.01. The molecule has 0 amide bonds. The predicted molar refractivity (Wildman–Crippen MR) is 72.0 cm³/mol. The van der Waals surface area contributed by atoms with Gasteiger partial charge in [0.1, 0.15) is 10.7 Å². The summed E-state index contributed by atoms with van der Waals surface area (Å²) in [4.78, 5) is 3.73. The Labute approximate surface area is 111 Å². The molecule has 0 aromatic carbocycles. The summed E-state index contributed by atoms with van der Waals surface area (Å²) in [5.74, 6) is -0.0306. The van der Waals surface area contributed by atoms with Crippen LogP contribution in [-0.2, 0) is 23.5 Å². The van der Waals surface area contributed by atoms with Gasteiger partial charge in [-0.1, -0.05) is 6.92 Å². The molecule has 7 nitrogen and oxygen atoms in total. The lowest BCUT2D eigenvalue weighted by Gasteiger charge is -2.08. The molecule has 2 heterocycles. The average molecular weight is 281 g/mol. The maximum Gasteiger partial charge on any atom is 0.265 e. The zero-order chi connectivity index (χ0) is 14.0. The number of rotatable bonds is 4. The quantitative estimate of drug-likeness (QED) is 0.861. The average Bonchev–Trinajstić information content (AvgIpc) is 2.69. The van der Waals surface area contributed by atoms with Crippen molar-refractivity contribution in [2.45, 2.75) is 18.2 Å². The van der Waals surface area contributed by atoms with Crippen molar-refractivity contribution < 1.29 is 8.42 Å². The number of pyridine rings is 1. The molecule has 0 atom stereocenters. The van der Waals surface area contributed by atoms with Crippen LogP contribution in [0.5, 0.6) is 0 Å². The first-order valence-electron chi connectivity index (χ1n) is 5.70. The molecule has 2 rings (SSSR count). The Bertz CT molecular complexity index is 693. The molecule has 8 heteroatoms. The lowest BCUT2D eigenvalue weighted by atomic mass is 10.3. The van der Waals surface area contributed by atoms with Crippen LogP contribution in [-0.4, -0.2) is 23.2 Å². The molecule has 19 heavy (non-hydrogen) atoms. The molecule has 0 radical (unpaired) electrons. The van der Waals surface area contributed by atoms with E-state index in [-0.39, 0.29) is 10.7 Å². The van der Waals surface area contributed by atoms with Crippen molar-refractivity contribution in [3.63, 3.8) is 0 Å². The topological polar surface area (TPSA) is 103 Å². The summed E-state index contributed by atoms with van der Waals surface area (Å²) in [7, 11) is -2.02. The third kappa shape index (κ3) is 2.68. The van der Waals surface area contributed by atoms with Gasteiger partial charge >= 0.3 is 0 Å². The van der Waals surface area contributed by atoms with E-state index in [1.54, 1.807) is 17.9 Å². The van der Waals surface area contributed by atoms with Gasteiger partial charge < -0.3 is 5.73 Å². The number of nitrogens with two attached hydrogens (primary N) is 1. The number of hydrogen-bond acceptors (Lipinski definition) is 5. The van der Waals surface area contributed by atoms with Gasteiger partial charge in [0.2, 0.25) is 0 Å². The van der Waals surface area contributed by atoms with Crippen LogP contribution in [0.25, 0.3) is 0 Å². The third-order valence-corrected chi connectivity index (χ3v) is 3.99. The van der Waals surface area contributed by atoms with Crippen LogP contribution in [0.15, 0.2) is 29.4 Å². The molecule has 2 aromatic heterocycles. The number of anilines is 2. The third-order valence-electron chi connectivity index (χ3n) is 2.57. The maximum atomic E-state index is 12.2. The van der Waals surface area contributed by atoms with Crippen LogP contribution in [0.3, 0.4) is 0 Å². The number of nitrogen functional groups attached to an aromatic ring is 1. The number of aromatic nitrogens is 3. The predicted octanol–water partition coefficient (Wildman–Crippen LogP) is 0.761. The minimum absolute atomic E-state index is 0.0306. The Morgan fingerprint density at radius 2 is 2.21 bits per heavy atom. The number of sulfonamides is 1. The fourth-order valence-corrected chi connectivity index (χ4v) is 2.87. The number of nitrogens with zero attached hydrogens (tertiary/aromatic N) is 3. The van der Waals surface area contributed by atoms with Crippen LogP contribution in [0.2, 0.25) is 0 Å². The van der Waals surface area contributed by atoms with Gasteiger partial charge in [0.05, 0.1) is 11.4 Å². The Balaban J connectivity index is 2.39. The van der Waals surface area contributed by atoms with Crippen LogP contribution in [0.4, 0.5) is 11.5 Å². The van der Waals surface area contributed by atoms with Crippen molar-refractivity contribution in [2.75, 3.05) is 10.5 Å². The fourth-order valence-electron chi connectivity index (χ4n) is 1.71. The first-order valence-corrected chi connectivity index (χ1v) is 7.18. The van der Waals surface area contributed by atoms with Gasteiger partial charge in [0.25, 0.3) is 10.0 Å². The molecule has 102 valence electrons. The Morgan fingerprint density at radius 1 is 1.47 bits per heavy atom. The van der Waals surface area contributed by atoms with Crippen LogP contribution in [0.1, 0.15) is 12.6 Å². The summed E-state index contributed by atoms with van der Waals surface area (Å²) in [6, 6.07) is 2.93. The molecule has 0 fully saturated rings. The van der Waals surface area contributed by atoms with Crippen LogP contribution in [0, 0.1) is 0 Å². The highest BCUT2D eigenvalue weighted by Gasteiger charge is 2.20.